The number of nitrogens with two attached hydrogens (primary N) is 1. The van der Waals surface area contributed by atoms with Crippen molar-refractivity contribution in [3.63, 3.8) is 0 Å². The maximum Gasteiger partial charge on any atom is 0.242 e. The van der Waals surface area contributed by atoms with Gasteiger partial charge in [-0.1, -0.05) is 31.5 Å². The monoisotopic (exact) mass is 316 g/mol. The van der Waals surface area contributed by atoms with Crippen molar-refractivity contribution in [3.05, 3.63) is 28.8 Å². The third-order valence-corrected chi connectivity index (χ3v) is 5.76. The Kier molecular flexibility index (Phi) is 4.44. The van der Waals surface area contributed by atoms with E-state index in [1.807, 2.05) is 19.9 Å². The van der Waals surface area contributed by atoms with Crippen LogP contribution in [0.25, 0.3) is 0 Å². The van der Waals surface area contributed by atoms with Crippen molar-refractivity contribution < 1.29 is 8.42 Å². The van der Waals surface area contributed by atoms with Gasteiger partial charge in [0.2, 0.25) is 10.0 Å². The quantitative estimate of drug-likeness (QED) is 0.877. The molecule has 0 aliphatic heterocycles. The molecule has 0 saturated heterocycles. The summed E-state index contributed by atoms with van der Waals surface area (Å²) < 4.78 is 27.3. The highest BCUT2D eigenvalue weighted by atomic mass is 35.5. The van der Waals surface area contributed by atoms with Gasteiger partial charge in [0.25, 0.3) is 0 Å². The second-order valence-corrected chi connectivity index (χ2v) is 8.03. The van der Waals surface area contributed by atoms with E-state index in [0.29, 0.717) is 0 Å². The van der Waals surface area contributed by atoms with Crippen molar-refractivity contribution in [3.8, 4) is 0 Å². The van der Waals surface area contributed by atoms with Gasteiger partial charge in [0.1, 0.15) is 4.90 Å². The van der Waals surface area contributed by atoms with Gasteiger partial charge in [-0.05, 0) is 42.9 Å². The Morgan fingerprint density at radius 3 is 2.55 bits per heavy atom. The summed E-state index contributed by atoms with van der Waals surface area (Å²) in [4.78, 5) is 0.133. The summed E-state index contributed by atoms with van der Waals surface area (Å²) in [5.41, 5.74) is 6.60. The highest BCUT2D eigenvalue weighted by Gasteiger charge is 2.34. The van der Waals surface area contributed by atoms with Gasteiger partial charge >= 0.3 is 0 Å². The van der Waals surface area contributed by atoms with Gasteiger partial charge in [-0.2, -0.15) is 0 Å². The molecule has 112 valence electrons. The fourth-order valence-electron chi connectivity index (χ4n) is 2.21. The van der Waals surface area contributed by atoms with E-state index in [0.717, 1.165) is 24.8 Å². The van der Waals surface area contributed by atoms with Crippen LogP contribution in [-0.2, 0) is 10.0 Å². The number of nitrogens with one attached hydrogen (secondary N) is 1. The zero-order chi connectivity index (χ0) is 15.0. The molecule has 3 N–H and O–H groups in total. The molecule has 1 aromatic rings. The lowest BCUT2D eigenvalue weighted by Gasteiger charge is -2.38. The van der Waals surface area contributed by atoms with Gasteiger partial charge in [0, 0.05) is 12.1 Å². The summed E-state index contributed by atoms with van der Waals surface area (Å²) in [5.74, 6) is 0.244. The smallest absolute Gasteiger partial charge is 0.242 e. The Hall–Kier alpha value is -0.620. The van der Waals surface area contributed by atoms with Crippen LogP contribution in [0.15, 0.2) is 23.1 Å². The number of rotatable bonds is 5. The van der Waals surface area contributed by atoms with Gasteiger partial charge in [-0.25, -0.2) is 13.1 Å². The summed E-state index contributed by atoms with van der Waals surface area (Å²) in [6.45, 7) is 4.28. The lowest BCUT2D eigenvalue weighted by atomic mass is 9.78. The molecule has 4 nitrogen and oxygen atoms in total. The summed E-state index contributed by atoms with van der Waals surface area (Å²) >= 11 is 6.03. The molecule has 0 heterocycles. The topological polar surface area (TPSA) is 72.2 Å². The van der Waals surface area contributed by atoms with Gasteiger partial charge in [0.05, 0.1) is 5.02 Å². The number of sulfonamides is 1. The molecule has 0 radical (unpaired) electrons. The molecule has 1 fully saturated rings. The minimum Gasteiger partial charge on any atom is -0.324 e. The highest BCUT2D eigenvalue weighted by molar-refractivity contribution is 7.89. The molecule has 1 aromatic carbocycles. The van der Waals surface area contributed by atoms with Crippen LogP contribution in [0.4, 0.5) is 0 Å². The number of hydrogen-bond donors (Lipinski definition) is 2. The Bertz CT molecular complexity index is 595. The van der Waals surface area contributed by atoms with Crippen molar-refractivity contribution >= 4 is 21.6 Å². The van der Waals surface area contributed by atoms with Crippen LogP contribution in [-0.4, -0.2) is 20.5 Å². The summed E-state index contributed by atoms with van der Waals surface area (Å²) in [5, 5.41) is 0.238. The van der Waals surface area contributed by atoms with E-state index in [4.69, 9.17) is 17.3 Å². The number of benzene rings is 1. The van der Waals surface area contributed by atoms with Gasteiger partial charge < -0.3 is 5.73 Å². The molecule has 0 atom stereocenters. The standard InChI is InChI=1S/C14H21ClN2O2S/c1-10(2)11-4-5-12(15)13(8-11)20(18,19)17-9-14(16)6-3-7-14/h4-5,8,10,17H,3,6-7,9,16H2,1-2H3. The molecule has 20 heavy (non-hydrogen) atoms. The first kappa shape index (κ1) is 15.8. The van der Waals surface area contributed by atoms with E-state index in [9.17, 15) is 8.42 Å². The van der Waals surface area contributed by atoms with E-state index >= 15 is 0 Å². The Balaban J connectivity index is 2.22. The predicted molar refractivity (Wildman–Crippen MR) is 81.5 cm³/mol. The molecule has 0 aromatic heterocycles. The maximum absolute atomic E-state index is 12.4. The SMILES string of the molecule is CC(C)c1ccc(Cl)c(S(=O)(=O)NCC2(N)CCC2)c1. The van der Waals surface area contributed by atoms with E-state index in [2.05, 4.69) is 4.72 Å². The molecule has 0 bridgehead atoms. The van der Waals surface area contributed by atoms with Crippen LogP contribution in [0.5, 0.6) is 0 Å². The molecule has 0 amide bonds. The van der Waals surface area contributed by atoms with E-state index in [-0.39, 0.29) is 22.4 Å². The van der Waals surface area contributed by atoms with Crippen molar-refractivity contribution in [2.75, 3.05) is 6.54 Å². The molecule has 0 unspecified atom stereocenters. The largest absolute Gasteiger partial charge is 0.324 e. The van der Waals surface area contributed by atoms with E-state index in [1.165, 1.54) is 0 Å². The first-order chi connectivity index (χ1) is 9.23. The minimum absolute atomic E-state index is 0.133. The average Bonchev–Trinajstić information content (AvgIpc) is 2.34. The Labute approximate surface area is 125 Å². The summed E-state index contributed by atoms with van der Waals surface area (Å²) in [7, 11) is -3.62. The van der Waals surface area contributed by atoms with Crippen molar-refractivity contribution in [1.82, 2.24) is 4.72 Å². The van der Waals surface area contributed by atoms with Crippen LogP contribution < -0.4 is 10.5 Å². The van der Waals surface area contributed by atoms with Crippen LogP contribution in [0.2, 0.25) is 5.02 Å². The molecular formula is C14H21ClN2O2S. The molecule has 2 rings (SSSR count). The van der Waals surface area contributed by atoms with Crippen molar-refractivity contribution in [2.24, 2.45) is 5.73 Å². The third kappa shape index (κ3) is 3.34. The summed E-state index contributed by atoms with van der Waals surface area (Å²) in [6.07, 6.45) is 2.77. The molecule has 1 aliphatic carbocycles. The zero-order valence-corrected chi connectivity index (χ0v) is 13.4. The normalized spacial score (nSPS) is 18.1. The fraction of sp³-hybridized carbons (Fsp3) is 0.571. The van der Waals surface area contributed by atoms with Crippen LogP contribution in [0, 0.1) is 0 Å². The van der Waals surface area contributed by atoms with E-state index < -0.39 is 15.6 Å². The first-order valence-corrected chi connectivity index (χ1v) is 8.68. The molecule has 6 heteroatoms. The third-order valence-electron chi connectivity index (χ3n) is 3.88. The molecular weight excluding hydrogens is 296 g/mol. The second kappa shape index (κ2) is 5.64. The number of halogens is 1. The van der Waals surface area contributed by atoms with E-state index in [1.54, 1.807) is 12.1 Å². The average molecular weight is 317 g/mol. The van der Waals surface area contributed by atoms with Crippen LogP contribution in [0.3, 0.4) is 0 Å². The molecule has 0 spiro atoms. The Morgan fingerprint density at radius 1 is 1.40 bits per heavy atom. The van der Waals surface area contributed by atoms with Gasteiger partial charge in [0.15, 0.2) is 0 Å². The lowest BCUT2D eigenvalue weighted by molar-refractivity contribution is 0.251. The van der Waals surface area contributed by atoms with Gasteiger partial charge in [-0.3, -0.25) is 0 Å². The fourth-order valence-corrected chi connectivity index (χ4v) is 3.88. The Morgan fingerprint density at radius 2 is 2.05 bits per heavy atom. The lowest BCUT2D eigenvalue weighted by Crippen LogP contribution is -2.54. The number of hydrogen-bond acceptors (Lipinski definition) is 3. The molecule has 1 aliphatic rings. The maximum atomic E-state index is 12.4. The second-order valence-electron chi connectivity index (χ2n) is 5.89. The predicted octanol–water partition coefficient (Wildman–Crippen LogP) is 2.62. The molecule has 1 saturated carbocycles. The highest BCUT2D eigenvalue weighted by Crippen LogP contribution is 2.30. The minimum atomic E-state index is -3.62. The zero-order valence-electron chi connectivity index (χ0n) is 11.8. The van der Waals surface area contributed by atoms with Crippen molar-refractivity contribution in [1.29, 1.82) is 0 Å². The summed E-state index contributed by atoms with van der Waals surface area (Å²) in [6, 6.07) is 5.12. The first-order valence-electron chi connectivity index (χ1n) is 6.81. The van der Waals surface area contributed by atoms with Crippen LogP contribution in [0.1, 0.15) is 44.6 Å². The van der Waals surface area contributed by atoms with Crippen molar-refractivity contribution in [2.45, 2.75) is 49.5 Å². The van der Waals surface area contributed by atoms with Crippen LogP contribution >= 0.6 is 11.6 Å². The van der Waals surface area contributed by atoms with Gasteiger partial charge in [-0.15, -0.1) is 0 Å².